The first-order valence-corrected chi connectivity index (χ1v) is 9.73. The van der Waals surface area contributed by atoms with E-state index in [-0.39, 0.29) is 11.2 Å². The summed E-state index contributed by atoms with van der Waals surface area (Å²) in [6.07, 6.45) is 0. The van der Waals surface area contributed by atoms with Crippen molar-refractivity contribution in [1.29, 1.82) is 0 Å². The van der Waals surface area contributed by atoms with Gasteiger partial charge in [0.05, 0.1) is 30.2 Å². The summed E-state index contributed by atoms with van der Waals surface area (Å²) in [5.74, 6) is 0.877. The maximum absolute atomic E-state index is 13.3. The van der Waals surface area contributed by atoms with Crippen LogP contribution in [0.1, 0.15) is 52.7 Å². The van der Waals surface area contributed by atoms with Gasteiger partial charge in [-0.25, -0.2) is 0 Å². The van der Waals surface area contributed by atoms with Crippen LogP contribution in [0.5, 0.6) is 11.5 Å². The second-order valence-corrected chi connectivity index (χ2v) is 7.09. The van der Waals surface area contributed by atoms with Crippen LogP contribution in [0.3, 0.4) is 0 Å². The quantitative estimate of drug-likeness (QED) is 0.708. The molecular weight excluding hydrogens is 370 g/mol. The Hall–Kier alpha value is -3.28. The van der Waals surface area contributed by atoms with Gasteiger partial charge in [0.25, 0.3) is 5.91 Å². The van der Waals surface area contributed by atoms with Gasteiger partial charge in [-0.1, -0.05) is 6.07 Å². The number of fused-ring (bicyclic) bond motifs is 2. The highest BCUT2D eigenvalue weighted by molar-refractivity contribution is 5.99. The van der Waals surface area contributed by atoms with Crippen molar-refractivity contribution in [3.05, 3.63) is 68.6 Å². The first kappa shape index (κ1) is 19.1. The van der Waals surface area contributed by atoms with Crippen molar-refractivity contribution in [1.82, 2.24) is 5.32 Å². The number of hydrogen-bond donors (Lipinski definition) is 1. The van der Waals surface area contributed by atoms with Crippen LogP contribution in [0, 0.1) is 13.8 Å². The zero-order valence-corrected chi connectivity index (χ0v) is 16.9. The zero-order chi connectivity index (χ0) is 20.7. The number of aryl methyl sites for hydroxylation is 2. The lowest BCUT2D eigenvalue weighted by Gasteiger charge is -2.16. The number of benzene rings is 2. The Balaban J connectivity index is 1.88. The van der Waals surface area contributed by atoms with Crippen LogP contribution < -0.4 is 20.2 Å². The average Bonchev–Trinajstić information content (AvgIpc) is 3.02. The van der Waals surface area contributed by atoms with Crippen LogP contribution in [-0.4, -0.2) is 19.1 Å². The number of amides is 1. The minimum atomic E-state index is -0.602. The lowest BCUT2D eigenvalue weighted by atomic mass is 9.98. The monoisotopic (exact) mass is 393 g/mol. The van der Waals surface area contributed by atoms with E-state index in [1.165, 1.54) is 0 Å². The number of ether oxygens (including phenoxy) is 2. The molecule has 1 unspecified atom stereocenters. The smallest absolute Gasteiger partial charge is 0.288 e. The first-order valence-electron chi connectivity index (χ1n) is 9.73. The number of nitrogens with one attached hydrogen (secondary N) is 1. The molecule has 0 fully saturated rings. The van der Waals surface area contributed by atoms with E-state index in [9.17, 15) is 9.59 Å². The van der Waals surface area contributed by atoms with Gasteiger partial charge in [-0.15, -0.1) is 0 Å². The van der Waals surface area contributed by atoms with Gasteiger partial charge in [-0.05, 0) is 68.7 Å². The summed E-state index contributed by atoms with van der Waals surface area (Å²) in [7, 11) is 0. The molecule has 0 spiro atoms. The Labute approximate surface area is 168 Å². The van der Waals surface area contributed by atoms with E-state index >= 15 is 0 Å². The molecule has 3 aromatic rings. The molecule has 2 heterocycles. The molecule has 0 bridgehead atoms. The van der Waals surface area contributed by atoms with Crippen molar-refractivity contribution < 1.29 is 18.7 Å². The lowest BCUT2D eigenvalue weighted by Crippen LogP contribution is -2.22. The Morgan fingerprint density at radius 2 is 1.66 bits per heavy atom. The lowest BCUT2D eigenvalue weighted by molar-refractivity contribution is 0.0938. The summed E-state index contributed by atoms with van der Waals surface area (Å²) in [6, 6.07) is 8.45. The van der Waals surface area contributed by atoms with E-state index in [2.05, 4.69) is 5.32 Å². The van der Waals surface area contributed by atoms with Crippen molar-refractivity contribution in [3.8, 4) is 11.5 Å². The van der Waals surface area contributed by atoms with E-state index in [1.807, 2.05) is 39.8 Å². The molecule has 6 heteroatoms. The van der Waals surface area contributed by atoms with Gasteiger partial charge >= 0.3 is 0 Å². The van der Waals surface area contributed by atoms with E-state index in [0.717, 1.165) is 16.7 Å². The normalized spacial score (nSPS) is 15.3. The third-order valence-corrected chi connectivity index (χ3v) is 5.21. The third kappa shape index (κ3) is 3.14. The van der Waals surface area contributed by atoms with E-state index in [1.54, 1.807) is 18.2 Å². The number of carbonyl (C=O) groups is 1. The molecule has 1 N–H and O–H groups in total. The molecule has 0 aliphatic carbocycles. The molecule has 4 rings (SSSR count). The van der Waals surface area contributed by atoms with Crippen LogP contribution in [0.2, 0.25) is 0 Å². The standard InChI is InChI=1S/C23H23NO5/c1-5-27-16-8-7-14(11-18(16)28-6-2)20-19-21(25)15-9-12(3)13(4)10-17(15)29-22(19)23(26)24-20/h7-11,20H,5-6H2,1-4H3,(H,24,26). The second kappa shape index (κ2) is 7.28. The fraction of sp³-hybridized carbons (Fsp3) is 0.304. The molecule has 150 valence electrons. The predicted molar refractivity (Wildman–Crippen MR) is 110 cm³/mol. The minimum absolute atomic E-state index is 0.0718. The summed E-state index contributed by atoms with van der Waals surface area (Å²) < 4.78 is 17.2. The number of carbonyl (C=O) groups excluding carboxylic acids is 1. The van der Waals surface area contributed by atoms with Crippen molar-refractivity contribution >= 4 is 16.9 Å². The zero-order valence-electron chi connectivity index (χ0n) is 16.9. The molecule has 2 aromatic carbocycles. The summed E-state index contributed by atoms with van der Waals surface area (Å²) >= 11 is 0. The van der Waals surface area contributed by atoms with E-state index in [0.29, 0.717) is 41.2 Å². The summed E-state index contributed by atoms with van der Waals surface area (Å²) in [5.41, 5.74) is 3.30. The minimum Gasteiger partial charge on any atom is -0.490 e. The third-order valence-electron chi connectivity index (χ3n) is 5.21. The molecule has 1 aromatic heterocycles. The highest BCUT2D eigenvalue weighted by Crippen LogP contribution is 2.36. The number of rotatable bonds is 5. The molecule has 1 aliphatic rings. The summed E-state index contributed by atoms with van der Waals surface area (Å²) in [6.45, 7) is 8.67. The highest BCUT2D eigenvalue weighted by atomic mass is 16.5. The molecule has 0 saturated heterocycles. The molecule has 0 radical (unpaired) electrons. The molecule has 1 aliphatic heterocycles. The fourth-order valence-corrected chi connectivity index (χ4v) is 3.66. The van der Waals surface area contributed by atoms with Gasteiger partial charge in [0.2, 0.25) is 5.76 Å². The Morgan fingerprint density at radius 1 is 0.966 bits per heavy atom. The van der Waals surface area contributed by atoms with Crippen LogP contribution in [0.25, 0.3) is 11.0 Å². The van der Waals surface area contributed by atoms with Gasteiger partial charge in [0.1, 0.15) is 5.58 Å². The number of hydrogen-bond acceptors (Lipinski definition) is 5. The molecule has 29 heavy (non-hydrogen) atoms. The maximum Gasteiger partial charge on any atom is 0.288 e. The molecule has 1 amide bonds. The van der Waals surface area contributed by atoms with Crippen molar-refractivity contribution in [2.24, 2.45) is 0 Å². The van der Waals surface area contributed by atoms with Crippen molar-refractivity contribution in [2.45, 2.75) is 33.7 Å². The molecule has 1 atom stereocenters. The maximum atomic E-state index is 13.3. The Morgan fingerprint density at radius 3 is 2.38 bits per heavy atom. The SMILES string of the molecule is CCOc1ccc(C2NC(=O)c3oc4cc(C)c(C)cc4c(=O)c32)cc1OCC. The van der Waals surface area contributed by atoms with Crippen LogP contribution in [0.4, 0.5) is 0 Å². The molecular formula is C23H23NO5. The van der Waals surface area contributed by atoms with Gasteiger partial charge < -0.3 is 19.2 Å². The van der Waals surface area contributed by atoms with Crippen LogP contribution >= 0.6 is 0 Å². The Bertz CT molecular complexity index is 1180. The molecule has 0 saturated carbocycles. The van der Waals surface area contributed by atoms with Crippen LogP contribution in [-0.2, 0) is 0 Å². The van der Waals surface area contributed by atoms with Gasteiger partial charge in [-0.2, -0.15) is 0 Å². The first-order chi connectivity index (χ1) is 13.9. The van der Waals surface area contributed by atoms with Crippen LogP contribution in [0.15, 0.2) is 39.5 Å². The topological polar surface area (TPSA) is 77.8 Å². The molecule has 6 nitrogen and oxygen atoms in total. The second-order valence-electron chi connectivity index (χ2n) is 7.09. The van der Waals surface area contributed by atoms with Crippen molar-refractivity contribution in [2.75, 3.05) is 13.2 Å². The van der Waals surface area contributed by atoms with Crippen molar-refractivity contribution in [3.63, 3.8) is 0 Å². The van der Waals surface area contributed by atoms with Gasteiger partial charge in [0.15, 0.2) is 16.9 Å². The summed E-state index contributed by atoms with van der Waals surface area (Å²) in [4.78, 5) is 25.9. The largest absolute Gasteiger partial charge is 0.490 e. The highest BCUT2D eigenvalue weighted by Gasteiger charge is 2.36. The predicted octanol–water partition coefficient (Wildman–Crippen LogP) is 4.04. The van der Waals surface area contributed by atoms with Gasteiger partial charge in [-0.3, -0.25) is 9.59 Å². The summed E-state index contributed by atoms with van der Waals surface area (Å²) in [5, 5.41) is 3.35. The van der Waals surface area contributed by atoms with E-state index < -0.39 is 11.9 Å². The van der Waals surface area contributed by atoms with Gasteiger partial charge in [0, 0.05) is 0 Å². The Kier molecular flexibility index (Phi) is 4.78. The average molecular weight is 393 g/mol. The fourth-order valence-electron chi connectivity index (χ4n) is 3.66. The van der Waals surface area contributed by atoms with E-state index in [4.69, 9.17) is 13.9 Å².